The van der Waals surface area contributed by atoms with E-state index in [9.17, 15) is 31.0 Å². The molecule has 3 N–H and O–H groups in total. The number of phenolic OH excluding ortho intramolecular Hbond substituents is 1. The zero-order chi connectivity index (χ0) is 31.1. The topological polar surface area (TPSA) is 219 Å². The molecule has 0 bridgehead atoms. The van der Waals surface area contributed by atoms with Crippen molar-refractivity contribution in [2.45, 2.75) is 16.7 Å². The predicted octanol–water partition coefficient (Wildman–Crippen LogP) is 0.245. The largest absolute Gasteiger partial charge is 1.00 e. The third kappa shape index (κ3) is 7.89. The van der Waals surface area contributed by atoms with Crippen molar-refractivity contribution in [3.8, 4) is 11.5 Å². The minimum absolute atomic E-state index is 0. The van der Waals surface area contributed by atoms with Crippen molar-refractivity contribution in [2.75, 3.05) is 12.8 Å². The molecule has 0 saturated heterocycles. The molecule has 45 heavy (non-hydrogen) atoms. The Balaban J connectivity index is 0.00000276. The Bertz CT molecular complexity index is 2230. The van der Waals surface area contributed by atoms with E-state index < -0.39 is 30.0 Å². The minimum atomic E-state index is -4.75. The van der Waals surface area contributed by atoms with Gasteiger partial charge in [0.2, 0.25) is 0 Å². The maximum absolute atomic E-state index is 11.5. The van der Waals surface area contributed by atoms with E-state index >= 15 is 0 Å². The van der Waals surface area contributed by atoms with E-state index in [1.807, 2.05) is 0 Å². The van der Waals surface area contributed by atoms with Gasteiger partial charge >= 0.3 is 59.1 Å². The standard InChI is InChI=1S/C28H23N5O8S2.2Na/c1-15-11-25(32-33-28-20-12-17(42(35,36)37)5-3-16(20)4-10-26(28)34)27(41-2)14-24(15)31-30-23-9-8-22(29)21-13-18(43(38,39)40)6-7-19(21)23;;/h3-14,34H,29H2,1-2H3,(H,35,36,37)(H,38,39,40);;/q;2*+1/p-2. The first-order valence-corrected chi connectivity index (χ1v) is 15.1. The summed E-state index contributed by atoms with van der Waals surface area (Å²) in [6.07, 6.45) is 0. The summed E-state index contributed by atoms with van der Waals surface area (Å²) in [7, 11) is -8.02. The van der Waals surface area contributed by atoms with Crippen LogP contribution in [0.3, 0.4) is 0 Å². The number of ether oxygens (including phenoxy) is 1. The van der Waals surface area contributed by atoms with Crippen LogP contribution in [-0.2, 0) is 20.2 Å². The van der Waals surface area contributed by atoms with Gasteiger partial charge in [0.25, 0.3) is 0 Å². The molecule has 0 fully saturated rings. The van der Waals surface area contributed by atoms with Crippen molar-refractivity contribution in [1.29, 1.82) is 0 Å². The summed E-state index contributed by atoms with van der Waals surface area (Å²) in [6.45, 7) is 1.74. The molecule has 0 radical (unpaired) electrons. The quantitative estimate of drug-likeness (QED) is 0.105. The molecule has 0 unspecified atom stereocenters. The van der Waals surface area contributed by atoms with Gasteiger partial charge in [0.15, 0.2) is 0 Å². The van der Waals surface area contributed by atoms with E-state index in [0.29, 0.717) is 33.1 Å². The monoisotopic (exact) mass is 665 g/mol. The Kier molecular flexibility index (Phi) is 11.5. The smallest absolute Gasteiger partial charge is 0.744 e. The molecule has 0 aliphatic carbocycles. The number of azo groups is 2. The molecule has 220 valence electrons. The molecule has 0 aromatic heterocycles. The summed E-state index contributed by atoms with van der Waals surface area (Å²) in [5, 5.41) is 28.9. The average molecular weight is 666 g/mol. The second-order valence-corrected chi connectivity index (χ2v) is 12.1. The van der Waals surface area contributed by atoms with Crippen LogP contribution in [0.2, 0.25) is 0 Å². The molecule has 5 aromatic rings. The molecule has 5 aromatic carbocycles. The van der Waals surface area contributed by atoms with Crippen molar-refractivity contribution in [1.82, 2.24) is 0 Å². The molecule has 0 aliphatic rings. The summed E-state index contributed by atoms with van der Waals surface area (Å²) in [6, 6.07) is 16.7. The van der Waals surface area contributed by atoms with Gasteiger partial charge in [0.1, 0.15) is 43.1 Å². The number of hydrogen-bond donors (Lipinski definition) is 2. The summed E-state index contributed by atoms with van der Waals surface area (Å²) >= 11 is 0. The van der Waals surface area contributed by atoms with Crippen LogP contribution >= 0.6 is 0 Å². The van der Waals surface area contributed by atoms with E-state index in [-0.39, 0.29) is 93.1 Å². The Morgan fingerprint density at radius 1 is 0.689 bits per heavy atom. The van der Waals surface area contributed by atoms with Crippen LogP contribution in [0, 0.1) is 6.92 Å². The van der Waals surface area contributed by atoms with Crippen LogP contribution in [0.25, 0.3) is 21.5 Å². The van der Waals surface area contributed by atoms with Crippen molar-refractivity contribution in [2.24, 2.45) is 20.5 Å². The average Bonchev–Trinajstić information content (AvgIpc) is 2.95. The molecule has 17 heteroatoms. The van der Waals surface area contributed by atoms with Crippen LogP contribution < -0.4 is 69.6 Å². The van der Waals surface area contributed by atoms with Gasteiger partial charge in [-0.2, -0.15) is 5.11 Å². The van der Waals surface area contributed by atoms with Crippen molar-refractivity contribution in [3.63, 3.8) is 0 Å². The third-order valence-electron chi connectivity index (χ3n) is 6.54. The predicted molar refractivity (Wildman–Crippen MR) is 156 cm³/mol. The fraction of sp³-hybridized carbons (Fsp3) is 0.0714. The van der Waals surface area contributed by atoms with Crippen LogP contribution in [0.5, 0.6) is 11.5 Å². The zero-order valence-corrected chi connectivity index (χ0v) is 30.0. The Labute approximate surface area is 302 Å². The van der Waals surface area contributed by atoms with E-state index in [0.717, 1.165) is 6.07 Å². The first-order valence-electron chi connectivity index (χ1n) is 12.3. The first kappa shape index (κ1) is 36.5. The second kappa shape index (κ2) is 14.2. The number of phenols is 1. The normalized spacial score (nSPS) is 12.0. The SMILES string of the molecule is COc1cc(N=Nc2ccc(N)c3cc(S(=O)(=O)[O-])ccc23)c(C)cc1N=Nc1c(O)ccc2ccc(S(=O)(=O)[O-])cc12.[Na+].[Na+]. The summed E-state index contributed by atoms with van der Waals surface area (Å²) < 4.78 is 74.4. The Morgan fingerprint density at radius 3 is 1.91 bits per heavy atom. The van der Waals surface area contributed by atoms with E-state index in [4.69, 9.17) is 10.5 Å². The summed E-state index contributed by atoms with van der Waals surface area (Å²) in [5.74, 6) is -0.0354. The third-order valence-corrected chi connectivity index (χ3v) is 8.20. The number of methoxy groups -OCH3 is 1. The second-order valence-electron chi connectivity index (χ2n) is 9.32. The number of rotatable bonds is 7. The summed E-state index contributed by atoms with van der Waals surface area (Å²) in [5.41, 5.74) is 7.85. The molecule has 0 atom stereocenters. The van der Waals surface area contributed by atoms with Crippen LogP contribution in [0.4, 0.5) is 28.4 Å². The van der Waals surface area contributed by atoms with Crippen molar-refractivity contribution in [3.05, 3.63) is 78.4 Å². The number of nitrogen functional groups attached to an aromatic ring is 1. The minimum Gasteiger partial charge on any atom is -0.744 e. The molecular formula is C28H21N5Na2O8S2. The van der Waals surface area contributed by atoms with E-state index in [1.54, 1.807) is 31.2 Å². The maximum Gasteiger partial charge on any atom is 1.00 e. The molecule has 0 aliphatic heterocycles. The van der Waals surface area contributed by atoms with Gasteiger partial charge in [-0.1, -0.05) is 18.2 Å². The first-order chi connectivity index (χ1) is 20.3. The van der Waals surface area contributed by atoms with Gasteiger partial charge in [-0.3, -0.25) is 0 Å². The van der Waals surface area contributed by atoms with Gasteiger partial charge < -0.3 is 24.7 Å². The number of nitrogens with two attached hydrogens (primary N) is 1. The van der Waals surface area contributed by atoms with Crippen molar-refractivity contribution >= 4 is 70.2 Å². The maximum atomic E-state index is 11.5. The van der Waals surface area contributed by atoms with Gasteiger partial charge in [0, 0.05) is 27.9 Å². The number of aromatic hydroxyl groups is 1. The van der Waals surface area contributed by atoms with Gasteiger partial charge in [-0.15, -0.1) is 15.3 Å². The number of hydrogen-bond acceptors (Lipinski definition) is 13. The Morgan fingerprint density at radius 2 is 1.27 bits per heavy atom. The molecule has 0 spiro atoms. The molecule has 13 nitrogen and oxygen atoms in total. The number of benzene rings is 5. The molecule has 5 rings (SSSR count). The number of anilines is 1. The van der Waals surface area contributed by atoms with Gasteiger partial charge in [-0.25, -0.2) is 16.8 Å². The number of fused-ring (bicyclic) bond motifs is 2. The number of aryl methyl sites for hydroxylation is 1. The molecular weight excluding hydrogens is 644 g/mol. The Hall–Kier alpha value is -2.96. The van der Waals surface area contributed by atoms with Crippen LogP contribution in [-0.4, -0.2) is 38.2 Å². The molecule has 0 saturated carbocycles. The van der Waals surface area contributed by atoms with Gasteiger partial charge in [0.05, 0.1) is 28.3 Å². The fourth-order valence-corrected chi connectivity index (χ4v) is 5.33. The van der Waals surface area contributed by atoms with Crippen molar-refractivity contribution < 1.29 is 94.9 Å². The number of nitrogens with zero attached hydrogens (tertiary/aromatic N) is 4. The van der Waals surface area contributed by atoms with E-state index in [2.05, 4.69) is 20.5 Å². The fourth-order valence-electron chi connectivity index (χ4n) is 4.33. The van der Waals surface area contributed by atoms with Crippen LogP contribution in [0.1, 0.15) is 5.56 Å². The van der Waals surface area contributed by atoms with E-state index in [1.165, 1.54) is 49.6 Å². The van der Waals surface area contributed by atoms with Crippen LogP contribution in [0.15, 0.2) is 103 Å². The molecule has 0 amide bonds. The zero-order valence-electron chi connectivity index (χ0n) is 24.4. The van der Waals surface area contributed by atoms with Gasteiger partial charge in [-0.05, 0) is 66.4 Å². The molecule has 0 heterocycles. The summed E-state index contributed by atoms with van der Waals surface area (Å²) in [4.78, 5) is -0.895.